The van der Waals surface area contributed by atoms with Crippen LogP contribution in [0.2, 0.25) is 0 Å². The predicted octanol–water partition coefficient (Wildman–Crippen LogP) is 7.85. The zero-order chi connectivity index (χ0) is 26.3. The molecule has 36 heavy (non-hydrogen) atoms. The van der Waals surface area contributed by atoms with E-state index < -0.39 is 0 Å². The highest BCUT2D eigenvalue weighted by atomic mass is 19.1. The van der Waals surface area contributed by atoms with Gasteiger partial charge in [0.25, 0.3) is 0 Å². The van der Waals surface area contributed by atoms with Crippen molar-refractivity contribution in [3.05, 3.63) is 83.2 Å². The van der Waals surface area contributed by atoms with Gasteiger partial charge in [-0.1, -0.05) is 57.9 Å². The molecule has 0 N–H and O–H groups in total. The molecule has 3 aromatic carbocycles. The van der Waals surface area contributed by atoms with Gasteiger partial charge in [-0.2, -0.15) is 0 Å². The van der Waals surface area contributed by atoms with E-state index in [4.69, 9.17) is 9.47 Å². The van der Waals surface area contributed by atoms with Crippen LogP contribution in [0.3, 0.4) is 0 Å². The summed E-state index contributed by atoms with van der Waals surface area (Å²) in [6.07, 6.45) is 1.15. The summed E-state index contributed by atoms with van der Waals surface area (Å²) in [7, 11) is 1.58. The lowest BCUT2D eigenvalue weighted by molar-refractivity contribution is -0.117. The van der Waals surface area contributed by atoms with Crippen molar-refractivity contribution in [1.29, 1.82) is 0 Å². The molecule has 0 bridgehead atoms. The van der Waals surface area contributed by atoms with Crippen molar-refractivity contribution < 1.29 is 18.7 Å². The number of ketones is 1. The SMILES string of the molecule is CCC#C[C@H](CC(C)=O)c1ccc(OCc2ccc(C(C)(C)C)c(-c3cc(OC)ccc3F)c2)cc1. The van der Waals surface area contributed by atoms with Crippen molar-refractivity contribution in [2.75, 3.05) is 7.11 Å². The molecule has 3 aromatic rings. The van der Waals surface area contributed by atoms with Crippen LogP contribution in [0, 0.1) is 17.7 Å². The number of carbonyl (C=O) groups excluding carboxylic acids is 1. The number of Topliss-reactive ketones (excluding diaryl/α,β-unsaturated/α-hetero) is 1. The number of hydrogen-bond donors (Lipinski definition) is 0. The summed E-state index contributed by atoms with van der Waals surface area (Å²) < 4.78 is 26.3. The Bertz CT molecular complexity index is 1260. The second-order valence-electron chi connectivity index (χ2n) is 9.97. The average molecular weight is 487 g/mol. The zero-order valence-electron chi connectivity index (χ0n) is 22.1. The van der Waals surface area contributed by atoms with Crippen molar-refractivity contribution in [2.24, 2.45) is 0 Å². The molecule has 0 spiro atoms. The fourth-order valence-corrected chi connectivity index (χ4v) is 4.12. The highest BCUT2D eigenvalue weighted by Crippen LogP contribution is 2.37. The normalized spacial score (nSPS) is 11.9. The van der Waals surface area contributed by atoms with Gasteiger partial charge in [-0.05, 0) is 71.0 Å². The molecular weight excluding hydrogens is 451 g/mol. The molecule has 0 saturated carbocycles. The third-order valence-electron chi connectivity index (χ3n) is 5.99. The Morgan fingerprint density at radius 3 is 2.28 bits per heavy atom. The van der Waals surface area contributed by atoms with Gasteiger partial charge in [0.15, 0.2) is 0 Å². The van der Waals surface area contributed by atoms with Gasteiger partial charge in [0, 0.05) is 18.4 Å². The Morgan fingerprint density at radius 1 is 0.972 bits per heavy atom. The quantitative estimate of drug-likeness (QED) is 0.304. The number of halogens is 1. The van der Waals surface area contributed by atoms with Crippen molar-refractivity contribution in [1.82, 2.24) is 0 Å². The van der Waals surface area contributed by atoms with Gasteiger partial charge in [-0.3, -0.25) is 4.79 Å². The molecule has 0 saturated heterocycles. The summed E-state index contributed by atoms with van der Waals surface area (Å²) in [4.78, 5) is 11.7. The largest absolute Gasteiger partial charge is 0.497 e. The standard InChI is InChI=1S/C32H35FO3/c1-7-8-9-25(18-22(2)34)24-11-13-26(14-12-24)36-21-23-10-16-30(32(3,4)5)28(19-23)29-20-27(35-6)15-17-31(29)33/h10-17,19-20,25H,7,18,21H2,1-6H3/t25-/m1/s1. The smallest absolute Gasteiger partial charge is 0.131 e. The lowest BCUT2D eigenvalue weighted by atomic mass is 9.81. The minimum Gasteiger partial charge on any atom is -0.497 e. The number of rotatable bonds is 8. The van der Waals surface area contributed by atoms with Gasteiger partial charge in [0.05, 0.1) is 13.0 Å². The maximum absolute atomic E-state index is 14.9. The van der Waals surface area contributed by atoms with E-state index in [9.17, 15) is 9.18 Å². The highest BCUT2D eigenvalue weighted by Gasteiger charge is 2.21. The molecule has 0 aliphatic rings. The molecular formula is C32H35FO3. The minimum atomic E-state index is -0.291. The minimum absolute atomic E-state index is 0.109. The van der Waals surface area contributed by atoms with Crippen molar-refractivity contribution in [3.63, 3.8) is 0 Å². The van der Waals surface area contributed by atoms with Crippen LogP contribution in [-0.2, 0) is 16.8 Å². The fourth-order valence-electron chi connectivity index (χ4n) is 4.12. The lowest BCUT2D eigenvalue weighted by Gasteiger charge is -2.24. The first-order chi connectivity index (χ1) is 17.1. The zero-order valence-corrected chi connectivity index (χ0v) is 22.1. The molecule has 0 radical (unpaired) electrons. The summed E-state index contributed by atoms with van der Waals surface area (Å²) in [6.45, 7) is 10.3. The molecule has 0 aromatic heterocycles. The van der Waals surface area contributed by atoms with E-state index in [0.29, 0.717) is 24.3 Å². The predicted molar refractivity (Wildman–Crippen MR) is 144 cm³/mol. The Balaban J connectivity index is 1.85. The maximum atomic E-state index is 14.9. The summed E-state index contributed by atoms with van der Waals surface area (Å²) in [5.41, 5.74) is 4.16. The molecule has 0 heterocycles. The first kappa shape index (κ1) is 27.0. The third kappa shape index (κ3) is 6.98. The number of benzene rings is 3. The molecule has 3 nitrogen and oxygen atoms in total. The molecule has 0 fully saturated rings. The number of ether oxygens (including phenoxy) is 2. The Hall–Kier alpha value is -3.58. The Morgan fingerprint density at radius 2 is 1.67 bits per heavy atom. The summed E-state index contributed by atoms with van der Waals surface area (Å²) in [5, 5.41) is 0. The van der Waals surface area contributed by atoms with E-state index in [1.807, 2.05) is 43.3 Å². The number of carbonyl (C=O) groups is 1. The van der Waals surface area contributed by atoms with E-state index in [1.165, 1.54) is 6.07 Å². The van der Waals surface area contributed by atoms with Crippen molar-refractivity contribution in [3.8, 4) is 34.5 Å². The second-order valence-corrected chi connectivity index (χ2v) is 9.97. The van der Waals surface area contributed by atoms with E-state index in [0.717, 1.165) is 34.4 Å². The van der Waals surface area contributed by atoms with Gasteiger partial charge in [0.1, 0.15) is 29.7 Å². The van der Waals surface area contributed by atoms with Crippen LogP contribution in [0.4, 0.5) is 4.39 Å². The van der Waals surface area contributed by atoms with E-state index in [1.54, 1.807) is 26.2 Å². The molecule has 0 amide bonds. The fraction of sp³-hybridized carbons (Fsp3) is 0.344. The van der Waals surface area contributed by atoms with Crippen LogP contribution < -0.4 is 9.47 Å². The first-order valence-corrected chi connectivity index (χ1v) is 12.3. The van der Waals surface area contributed by atoms with Crippen LogP contribution in [-0.4, -0.2) is 12.9 Å². The van der Waals surface area contributed by atoms with Gasteiger partial charge in [-0.25, -0.2) is 4.39 Å². The first-order valence-electron chi connectivity index (χ1n) is 12.3. The number of hydrogen-bond acceptors (Lipinski definition) is 3. The molecule has 0 aliphatic heterocycles. The molecule has 4 heteroatoms. The van der Waals surface area contributed by atoms with Crippen molar-refractivity contribution in [2.45, 2.75) is 65.4 Å². The molecule has 0 aliphatic carbocycles. The topological polar surface area (TPSA) is 35.5 Å². The van der Waals surface area contributed by atoms with Crippen LogP contribution in [0.5, 0.6) is 11.5 Å². The Kier molecular flexibility index (Phi) is 8.93. The summed E-state index contributed by atoms with van der Waals surface area (Å²) in [6, 6.07) is 18.6. The highest BCUT2D eigenvalue weighted by molar-refractivity contribution is 5.77. The maximum Gasteiger partial charge on any atom is 0.131 e. The van der Waals surface area contributed by atoms with Crippen LogP contribution in [0.15, 0.2) is 60.7 Å². The lowest BCUT2D eigenvalue weighted by Crippen LogP contribution is -2.13. The Labute approximate surface area is 214 Å². The van der Waals surface area contributed by atoms with Crippen LogP contribution in [0.25, 0.3) is 11.1 Å². The van der Waals surface area contributed by atoms with Gasteiger partial charge < -0.3 is 9.47 Å². The van der Waals surface area contributed by atoms with E-state index in [-0.39, 0.29) is 22.9 Å². The monoisotopic (exact) mass is 486 g/mol. The summed E-state index contributed by atoms with van der Waals surface area (Å²) >= 11 is 0. The molecule has 3 rings (SSSR count). The second kappa shape index (κ2) is 11.9. The molecule has 188 valence electrons. The van der Waals surface area contributed by atoms with Gasteiger partial charge >= 0.3 is 0 Å². The van der Waals surface area contributed by atoms with Gasteiger partial charge in [-0.15, -0.1) is 5.92 Å². The van der Waals surface area contributed by atoms with Crippen LogP contribution >= 0.6 is 0 Å². The van der Waals surface area contributed by atoms with Gasteiger partial charge in [0.2, 0.25) is 0 Å². The van der Waals surface area contributed by atoms with E-state index in [2.05, 4.69) is 38.7 Å². The van der Waals surface area contributed by atoms with Crippen molar-refractivity contribution >= 4 is 5.78 Å². The number of methoxy groups -OCH3 is 1. The average Bonchev–Trinajstić information content (AvgIpc) is 2.85. The third-order valence-corrected chi connectivity index (χ3v) is 5.99. The molecule has 0 unspecified atom stereocenters. The van der Waals surface area contributed by atoms with Crippen LogP contribution in [0.1, 0.15) is 70.1 Å². The summed E-state index contributed by atoms with van der Waals surface area (Å²) in [5.74, 6) is 7.33. The van der Waals surface area contributed by atoms with E-state index >= 15 is 0 Å². The molecule has 1 atom stereocenters.